The van der Waals surface area contributed by atoms with E-state index < -0.39 is 0 Å². The lowest BCUT2D eigenvalue weighted by Crippen LogP contribution is -2.25. The molecule has 1 aliphatic rings. The van der Waals surface area contributed by atoms with Crippen molar-refractivity contribution in [2.75, 3.05) is 13.7 Å². The number of nitrogens with zero attached hydrogens (tertiary/aromatic N) is 1. The number of rotatable bonds is 3. The number of esters is 1. The smallest absolute Gasteiger partial charge is 0.354 e. The molecule has 18 heavy (non-hydrogen) atoms. The van der Waals surface area contributed by atoms with Crippen LogP contribution in [-0.2, 0) is 16.5 Å². The van der Waals surface area contributed by atoms with Gasteiger partial charge in [0.2, 0.25) is 0 Å². The van der Waals surface area contributed by atoms with Gasteiger partial charge in [0.05, 0.1) is 12.3 Å². The Hall–Kier alpha value is -1.75. The zero-order valence-electron chi connectivity index (χ0n) is 11.1. The Morgan fingerprint density at radius 1 is 1.56 bits per heavy atom. The molecule has 1 aliphatic heterocycles. The van der Waals surface area contributed by atoms with Gasteiger partial charge >= 0.3 is 5.97 Å². The van der Waals surface area contributed by atoms with Gasteiger partial charge in [-0.05, 0) is 25.5 Å². The molecule has 1 aromatic heterocycles. The van der Waals surface area contributed by atoms with Crippen molar-refractivity contribution in [3.8, 4) is 0 Å². The summed E-state index contributed by atoms with van der Waals surface area (Å²) < 4.78 is 12.2. The van der Waals surface area contributed by atoms with E-state index in [9.17, 15) is 4.79 Å². The van der Waals surface area contributed by atoms with Gasteiger partial charge in [0.25, 0.3) is 0 Å². The van der Waals surface area contributed by atoms with Crippen LogP contribution in [0.3, 0.4) is 0 Å². The predicted molar refractivity (Wildman–Crippen MR) is 67.9 cm³/mol. The van der Waals surface area contributed by atoms with Gasteiger partial charge in [0, 0.05) is 25.9 Å². The van der Waals surface area contributed by atoms with E-state index in [0.717, 1.165) is 16.8 Å². The van der Waals surface area contributed by atoms with Gasteiger partial charge in [-0.15, -0.1) is 0 Å². The minimum Gasteiger partial charge on any atom is -0.461 e. The fourth-order valence-corrected chi connectivity index (χ4v) is 2.19. The third-order valence-electron chi connectivity index (χ3n) is 3.12. The van der Waals surface area contributed by atoms with Crippen molar-refractivity contribution in [3.63, 3.8) is 0 Å². The second kappa shape index (κ2) is 4.86. The van der Waals surface area contributed by atoms with Crippen LogP contribution in [0, 0.1) is 0 Å². The summed E-state index contributed by atoms with van der Waals surface area (Å²) in [5, 5.41) is 3.14. The number of ether oxygens (including phenoxy) is 2. The van der Waals surface area contributed by atoms with E-state index in [1.54, 1.807) is 14.0 Å². The lowest BCUT2D eigenvalue weighted by Gasteiger charge is -2.23. The van der Waals surface area contributed by atoms with Crippen LogP contribution in [0.15, 0.2) is 12.3 Å². The third-order valence-corrected chi connectivity index (χ3v) is 3.12. The minimum absolute atomic E-state index is 0.239. The molecule has 0 saturated carbocycles. The van der Waals surface area contributed by atoms with E-state index >= 15 is 0 Å². The second-order valence-electron chi connectivity index (χ2n) is 4.22. The van der Waals surface area contributed by atoms with Crippen LogP contribution in [0.4, 0.5) is 0 Å². The zero-order chi connectivity index (χ0) is 13.3. The van der Waals surface area contributed by atoms with Gasteiger partial charge in [0.1, 0.15) is 5.69 Å². The quantitative estimate of drug-likeness (QED) is 0.831. The number of methoxy groups -OCH3 is 1. The maximum atomic E-state index is 11.9. The summed E-state index contributed by atoms with van der Waals surface area (Å²) in [5.41, 5.74) is 3.58. The molecule has 98 valence electrons. The van der Waals surface area contributed by atoms with Crippen molar-refractivity contribution in [3.05, 3.63) is 29.2 Å². The van der Waals surface area contributed by atoms with E-state index in [-0.39, 0.29) is 12.2 Å². The average molecular weight is 250 g/mol. The van der Waals surface area contributed by atoms with Crippen LogP contribution in [0.1, 0.15) is 41.8 Å². The zero-order valence-corrected chi connectivity index (χ0v) is 11.1. The monoisotopic (exact) mass is 250 g/mol. The summed E-state index contributed by atoms with van der Waals surface area (Å²) >= 11 is 0. The Bertz CT molecular complexity index is 503. The van der Waals surface area contributed by atoms with E-state index in [1.165, 1.54) is 0 Å². The van der Waals surface area contributed by atoms with E-state index in [4.69, 9.17) is 9.47 Å². The lowest BCUT2D eigenvalue weighted by atomic mass is 10.1. The van der Waals surface area contributed by atoms with Crippen molar-refractivity contribution in [1.82, 2.24) is 9.88 Å². The molecule has 1 atom stereocenters. The Labute approximate surface area is 106 Å². The fourth-order valence-electron chi connectivity index (χ4n) is 2.19. The van der Waals surface area contributed by atoms with Crippen LogP contribution in [-0.4, -0.2) is 24.3 Å². The molecule has 0 amide bonds. The number of carbonyl (C=O) groups is 1. The highest BCUT2D eigenvalue weighted by Crippen LogP contribution is 2.31. The van der Waals surface area contributed by atoms with Crippen LogP contribution in [0.2, 0.25) is 0 Å². The van der Waals surface area contributed by atoms with E-state index in [2.05, 4.69) is 5.32 Å². The largest absolute Gasteiger partial charge is 0.461 e. The van der Waals surface area contributed by atoms with Crippen LogP contribution < -0.4 is 5.32 Å². The first-order valence-corrected chi connectivity index (χ1v) is 5.92. The molecule has 1 aromatic rings. The van der Waals surface area contributed by atoms with Crippen molar-refractivity contribution in [2.24, 2.45) is 7.05 Å². The fraction of sp³-hybridized carbons (Fsp3) is 0.462. The van der Waals surface area contributed by atoms with Gasteiger partial charge in [-0.2, -0.15) is 0 Å². The number of aromatic nitrogens is 1. The first kappa shape index (κ1) is 12.7. The van der Waals surface area contributed by atoms with Gasteiger partial charge in [0.15, 0.2) is 6.23 Å². The molecule has 1 N–H and O–H groups in total. The predicted octanol–water partition coefficient (Wildman–Crippen LogP) is 1.81. The Morgan fingerprint density at radius 3 is 2.89 bits per heavy atom. The molecule has 1 unspecified atom stereocenters. The Balaban J connectivity index is 2.49. The first-order valence-electron chi connectivity index (χ1n) is 5.92. The molecular formula is C13H18N2O3. The van der Waals surface area contributed by atoms with Gasteiger partial charge in [-0.25, -0.2) is 4.79 Å². The number of nitrogens with one attached hydrogen (secondary N) is 1. The summed E-state index contributed by atoms with van der Waals surface area (Å²) in [7, 11) is 3.48. The normalized spacial score (nSPS) is 17.8. The van der Waals surface area contributed by atoms with Crippen molar-refractivity contribution in [1.29, 1.82) is 0 Å². The van der Waals surface area contributed by atoms with Crippen molar-refractivity contribution >= 4 is 11.5 Å². The highest BCUT2D eigenvalue weighted by molar-refractivity contribution is 5.90. The molecule has 2 heterocycles. The van der Waals surface area contributed by atoms with Gasteiger partial charge in [-0.1, -0.05) is 0 Å². The standard InChI is InChI=1S/C13H18N2O3/c1-5-18-13(16)10-6-9-8(2)7-14-12(17-4)11(9)15(10)3/h6-7,12,14H,5H2,1-4H3. The molecule has 0 aliphatic carbocycles. The van der Waals surface area contributed by atoms with Crippen molar-refractivity contribution < 1.29 is 14.3 Å². The maximum Gasteiger partial charge on any atom is 0.354 e. The minimum atomic E-state index is -0.308. The Kier molecular flexibility index (Phi) is 3.43. The highest BCUT2D eigenvalue weighted by atomic mass is 16.5. The molecule has 5 heteroatoms. The number of fused-ring (bicyclic) bond motifs is 1. The summed E-state index contributed by atoms with van der Waals surface area (Å²) in [6.45, 7) is 4.16. The van der Waals surface area contributed by atoms with Crippen LogP contribution in [0.25, 0.3) is 5.57 Å². The molecule has 2 rings (SSSR count). The second-order valence-corrected chi connectivity index (χ2v) is 4.22. The molecule has 0 saturated heterocycles. The third kappa shape index (κ3) is 1.90. The summed E-state index contributed by atoms with van der Waals surface area (Å²) in [6, 6.07) is 1.85. The van der Waals surface area contributed by atoms with Crippen molar-refractivity contribution in [2.45, 2.75) is 20.1 Å². The molecule has 5 nitrogen and oxygen atoms in total. The molecule has 0 aromatic carbocycles. The number of allylic oxidation sites excluding steroid dienone is 1. The summed E-state index contributed by atoms with van der Waals surface area (Å²) in [4.78, 5) is 11.9. The topological polar surface area (TPSA) is 52.5 Å². The van der Waals surface area contributed by atoms with Crippen LogP contribution >= 0.6 is 0 Å². The average Bonchev–Trinajstić information content (AvgIpc) is 2.70. The highest BCUT2D eigenvalue weighted by Gasteiger charge is 2.27. The lowest BCUT2D eigenvalue weighted by molar-refractivity contribution is 0.0510. The SMILES string of the molecule is CCOC(=O)c1cc2c(n1C)C(OC)NC=C2C. The molecule has 0 radical (unpaired) electrons. The number of carbonyl (C=O) groups excluding carboxylic acids is 1. The molecule has 0 fully saturated rings. The summed E-state index contributed by atoms with van der Waals surface area (Å²) in [6.07, 6.45) is 1.66. The Morgan fingerprint density at radius 2 is 2.28 bits per heavy atom. The molecule has 0 bridgehead atoms. The summed E-state index contributed by atoms with van der Waals surface area (Å²) in [5.74, 6) is -0.308. The van der Waals surface area contributed by atoms with E-state index in [0.29, 0.717) is 12.3 Å². The van der Waals surface area contributed by atoms with E-state index in [1.807, 2.05) is 30.8 Å². The van der Waals surface area contributed by atoms with Crippen LogP contribution in [0.5, 0.6) is 0 Å². The first-order chi connectivity index (χ1) is 8.60. The van der Waals surface area contributed by atoms with Gasteiger partial charge < -0.3 is 19.4 Å². The maximum absolute atomic E-state index is 11.9. The number of hydrogen-bond donors (Lipinski definition) is 1. The molecule has 0 spiro atoms. The number of hydrogen-bond acceptors (Lipinski definition) is 4. The van der Waals surface area contributed by atoms with Gasteiger partial charge in [-0.3, -0.25) is 0 Å². The molecular weight excluding hydrogens is 232 g/mol.